The zero-order chi connectivity index (χ0) is 26.0. The first-order valence-corrected chi connectivity index (χ1v) is 12.2. The summed E-state index contributed by atoms with van der Waals surface area (Å²) in [7, 11) is 0. The fourth-order valence-corrected chi connectivity index (χ4v) is 5.34. The number of nitrogens with zero attached hydrogens (tertiary/aromatic N) is 6. The summed E-state index contributed by atoms with van der Waals surface area (Å²) in [6.07, 6.45) is 2.54. The predicted octanol–water partition coefficient (Wildman–Crippen LogP) is -1.33. The third kappa shape index (κ3) is 3.82. The van der Waals surface area contributed by atoms with Gasteiger partial charge in [-0.15, -0.1) is 0 Å². The molecule has 7 rings (SSSR count). The van der Waals surface area contributed by atoms with E-state index in [1.165, 1.54) is 12.7 Å². The number of aromatic amines is 2. The molecule has 17 nitrogen and oxygen atoms in total. The molecule has 17 heteroatoms. The quantitative estimate of drug-likeness (QED) is 0.204. The molecule has 3 saturated heterocycles. The zero-order valence-electron chi connectivity index (χ0n) is 19.9. The third-order valence-electron chi connectivity index (χ3n) is 7.12. The Balaban J connectivity index is 1.10. The number of anilines is 2. The smallest absolute Gasteiger partial charge is 0.280 e. The van der Waals surface area contributed by atoms with Gasteiger partial charge < -0.3 is 25.7 Å². The van der Waals surface area contributed by atoms with E-state index < -0.39 is 29.7 Å². The molecule has 0 spiro atoms. The van der Waals surface area contributed by atoms with Crippen molar-refractivity contribution >= 4 is 34.2 Å². The van der Waals surface area contributed by atoms with E-state index in [2.05, 4.69) is 35.4 Å². The molecule has 4 aromatic rings. The van der Waals surface area contributed by atoms with Gasteiger partial charge in [-0.1, -0.05) is 0 Å². The Kier molecular flexibility index (Phi) is 5.41. The standard InChI is InChI=1S/C21H25N11O6/c22-20-27-16-14(18(33)29-20)24-6-31(16)12-3-9-8(36-12)1-2-26-38-10-4-13(37-11(10)5-35-9)32-7-25-15-17(32)28-21(23)30-19(15)34/h6-13,26H,1-5H2,(H3,22,27,29,33)(H3,23,28,30,34)/t8-,9+,10+,11-,12-,13-/m1/s1. The molecule has 4 aromatic heterocycles. The minimum absolute atomic E-state index is 0.00233. The summed E-state index contributed by atoms with van der Waals surface area (Å²) in [5, 5.41) is 0. The van der Waals surface area contributed by atoms with E-state index in [-0.39, 0.29) is 47.8 Å². The summed E-state index contributed by atoms with van der Waals surface area (Å²) in [4.78, 5) is 52.0. The molecule has 3 fully saturated rings. The Morgan fingerprint density at radius 3 is 2.03 bits per heavy atom. The molecule has 0 bridgehead atoms. The molecular formula is C21H25N11O6. The van der Waals surface area contributed by atoms with Crippen LogP contribution in [0.1, 0.15) is 31.7 Å². The van der Waals surface area contributed by atoms with Crippen LogP contribution in [0.4, 0.5) is 11.9 Å². The van der Waals surface area contributed by atoms with Crippen molar-refractivity contribution in [2.24, 2.45) is 0 Å². The molecule has 6 atom stereocenters. The van der Waals surface area contributed by atoms with Gasteiger partial charge in [0.1, 0.15) is 24.7 Å². The van der Waals surface area contributed by atoms with Crippen LogP contribution in [-0.2, 0) is 19.0 Å². The van der Waals surface area contributed by atoms with Gasteiger partial charge in [-0.2, -0.15) is 9.97 Å². The fourth-order valence-electron chi connectivity index (χ4n) is 5.34. The third-order valence-corrected chi connectivity index (χ3v) is 7.12. The number of hydrogen-bond donors (Lipinski definition) is 5. The zero-order valence-corrected chi connectivity index (χ0v) is 19.9. The number of nitrogens with one attached hydrogen (secondary N) is 3. The molecule has 38 heavy (non-hydrogen) atoms. The van der Waals surface area contributed by atoms with Crippen molar-refractivity contribution in [3.63, 3.8) is 0 Å². The maximum atomic E-state index is 12.2. The second-order valence-corrected chi connectivity index (χ2v) is 9.49. The van der Waals surface area contributed by atoms with Crippen molar-refractivity contribution in [2.75, 3.05) is 24.6 Å². The number of hydrogen-bond acceptors (Lipinski definition) is 13. The van der Waals surface area contributed by atoms with Crippen molar-refractivity contribution in [1.29, 1.82) is 0 Å². The second-order valence-electron chi connectivity index (χ2n) is 9.49. The summed E-state index contributed by atoms with van der Waals surface area (Å²) in [6.45, 7) is 0.764. The largest absolute Gasteiger partial charge is 0.373 e. The number of fused-ring (bicyclic) bond motifs is 4. The van der Waals surface area contributed by atoms with Crippen LogP contribution in [0.5, 0.6) is 0 Å². The maximum absolute atomic E-state index is 12.2. The minimum atomic E-state index is -0.481. The van der Waals surface area contributed by atoms with Gasteiger partial charge >= 0.3 is 0 Å². The fraction of sp³-hybridized carbons (Fsp3) is 0.524. The number of ether oxygens (including phenoxy) is 3. The summed E-state index contributed by atoms with van der Waals surface area (Å²) in [5.74, 6) is 0.00321. The molecule has 7 heterocycles. The van der Waals surface area contributed by atoms with Crippen molar-refractivity contribution in [3.8, 4) is 0 Å². The molecule has 3 aliphatic heterocycles. The average molecular weight is 528 g/mol. The van der Waals surface area contributed by atoms with Crippen molar-refractivity contribution < 1.29 is 19.0 Å². The van der Waals surface area contributed by atoms with Gasteiger partial charge in [0.2, 0.25) is 11.9 Å². The Labute approximate surface area is 212 Å². The molecule has 3 aliphatic rings. The van der Waals surface area contributed by atoms with E-state index in [1.807, 2.05) is 0 Å². The molecule has 200 valence electrons. The normalized spacial score (nSPS) is 30.0. The van der Waals surface area contributed by atoms with Crippen LogP contribution >= 0.6 is 0 Å². The SMILES string of the molecule is Nc1nc2c(ncn2[C@H]2C[C@@H]3OC[C@H]4O[C@@H](n5cnc6c(=O)[nH]c(N)nc65)C[C@@H]4ONCC[C@H]3O2)c(=O)[nH]1. The number of aromatic nitrogens is 8. The number of hydroxylamine groups is 1. The Morgan fingerprint density at radius 2 is 1.39 bits per heavy atom. The van der Waals surface area contributed by atoms with Crippen LogP contribution in [0.2, 0.25) is 0 Å². The number of imidazole rings is 2. The van der Waals surface area contributed by atoms with E-state index in [9.17, 15) is 9.59 Å². The lowest BCUT2D eigenvalue weighted by molar-refractivity contribution is -0.129. The van der Waals surface area contributed by atoms with Crippen LogP contribution < -0.4 is 28.1 Å². The summed E-state index contributed by atoms with van der Waals surface area (Å²) >= 11 is 0. The average Bonchev–Trinajstić information content (AvgIpc) is 3.65. The van der Waals surface area contributed by atoms with Crippen LogP contribution in [0.25, 0.3) is 22.3 Å². The highest BCUT2D eigenvalue weighted by atomic mass is 16.7. The number of nitrogen functional groups attached to an aromatic ring is 2. The molecule has 0 aromatic carbocycles. The highest BCUT2D eigenvalue weighted by Gasteiger charge is 2.43. The summed E-state index contributed by atoms with van der Waals surface area (Å²) in [6, 6.07) is 0. The van der Waals surface area contributed by atoms with E-state index in [4.69, 9.17) is 30.5 Å². The van der Waals surface area contributed by atoms with Gasteiger partial charge in [-0.25, -0.2) is 15.4 Å². The van der Waals surface area contributed by atoms with Gasteiger partial charge in [0, 0.05) is 19.4 Å². The predicted molar refractivity (Wildman–Crippen MR) is 129 cm³/mol. The first kappa shape index (κ1) is 23.2. The molecule has 0 aliphatic carbocycles. The monoisotopic (exact) mass is 527 g/mol. The molecule has 0 amide bonds. The Bertz CT molecular complexity index is 1510. The molecule has 7 N–H and O–H groups in total. The van der Waals surface area contributed by atoms with Crippen LogP contribution in [0, 0.1) is 0 Å². The van der Waals surface area contributed by atoms with Crippen LogP contribution in [-0.4, -0.2) is 76.6 Å². The van der Waals surface area contributed by atoms with Gasteiger partial charge in [0.05, 0.1) is 31.5 Å². The minimum Gasteiger partial charge on any atom is -0.373 e. The van der Waals surface area contributed by atoms with Crippen molar-refractivity contribution in [2.45, 2.75) is 56.1 Å². The van der Waals surface area contributed by atoms with Crippen molar-refractivity contribution in [3.05, 3.63) is 33.4 Å². The highest BCUT2D eigenvalue weighted by molar-refractivity contribution is 5.71. The van der Waals surface area contributed by atoms with Gasteiger partial charge in [0.25, 0.3) is 11.1 Å². The van der Waals surface area contributed by atoms with Crippen LogP contribution in [0.3, 0.4) is 0 Å². The lowest BCUT2D eigenvalue weighted by Gasteiger charge is -2.25. The Hall–Kier alpha value is -3.90. The van der Waals surface area contributed by atoms with Crippen LogP contribution in [0.15, 0.2) is 22.2 Å². The summed E-state index contributed by atoms with van der Waals surface area (Å²) < 4.78 is 22.3. The van der Waals surface area contributed by atoms with E-state index in [0.29, 0.717) is 37.1 Å². The summed E-state index contributed by atoms with van der Waals surface area (Å²) in [5.41, 5.74) is 14.7. The molecule has 0 unspecified atom stereocenters. The number of nitrogens with two attached hydrogens (primary N) is 2. The lowest BCUT2D eigenvalue weighted by Crippen LogP contribution is -2.40. The number of rotatable bonds is 2. The van der Waals surface area contributed by atoms with Gasteiger partial charge in [-0.3, -0.25) is 33.5 Å². The molecule has 0 radical (unpaired) electrons. The molecular weight excluding hydrogens is 502 g/mol. The second kappa shape index (κ2) is 8.84. The van der Waals surface area contributed by atoms with E-state index >= 15 is 0 Å². The number of H-pyrrole nitrogens is 2. The van der Waals surface area contributed by atoms with Crippen molar-refractivity contribution in [1.82, 2.24) is 44.5 Å². The molecule has 0 saturated carbocycles. The van der Waals surface area contributed by atoms with Gasteiger partial charge in [0.15, 0.2) is 22.3 Å². The van der Waals surface area contributed by atoms with E-state index in [1.54, 1.807) is 9.13 Å². The first-order chi connectivity index (χ1) is 18.4. The Morgan fingerprint density at radius 1 is 0.816 bits per heavy atom. The highest BCUT2D eigenvalue weighted by Crippen LogP contribution is 2.37. The first-order valence-electron chi connectivity index (χ1n) is 12.2. The van der Waals surface area contributed by atoms with E-state index in [0.717, 1.165) is 0 Å². The maximum Gasteiger partial charge on any atom is 0.280 e. The lowest BCUT2D eigenvalue weighted by atomic mass is 10.1. The topological polar surface area (TPSA) is 228 Å². The van der Waals surface area contributed by atoms with Gasteiger partial charge in [-0.05, 0) is 6.42 Å².